The number of hydrogen-bond acceptors (Lipinski definition) is 5. The Bertz CT molecular complexity index is 970. The molecule has 23 heavy (non-hydrogen) atoms. The van der Waals surface area contributed by atoms with E-state index in [0.717, 1.165) is 22.8 Å². The smallest absolute Gasteiger partial charge is 0.278 e. The molecule has 5 rings (SSSR count). The lowest BCUT2D eigenvalue weighted by atomic mass is 9.77. The highest BCUT2D eigenvalue weighted by Crippen LogP contribution is 2.39. The Morgan fingerprint density at radius 3 is 3.00 bits per heavy atom. The highest BCUT2D eigenvalue weighted by atomic mass is 32.1. The molecule has 0 saturated heterocycles. The molecule has 1 atom stereocenters. The summed E-state index contributed by atoms with van der Waals surface area (Å²) in [5.74, 6) is 1.43. The maximum absolute atomic E-state index is 5.41. The summed E-state index contributed by atoms with van der Waals surface area (Å²) in [6.07, 6.45) is 0.968. The van der Waals surface area contributed by atoms with Crippen LogP contribution in [0.3, 0.4) is 0 Å². The summed E-state index contributed by atoms with van der Waals surface area (Å²) in [4.78, 5) is 5.67. The van der Waals surface area contributed by atoms with E-state index < -0.39 is 0 Å². The van der Waals surface area contributed by atoms with Gasteiger partial charge in [-0.25, -0.2) is 0 Å². The number of H-pyrrole nitrogens is 1. The van der Waals surface area contributed by atoms with E-state index in [1.807, 2.05) is 29.6 Å². The van der Waals surface area contributed by atoms with Gasteiger partial charge in [-0.2, -0.15) is 10.1 Å². The van der Waals surface area contributed by atoms with Gasteiger partial charge in [-0.15, -0.1) is 11.3 Å². The van der Waals surface area contributed by atoms with Crippen LogP contribution in [0.1, 0.15) is 22.9 Å². The molecule has 1 aromatic carbocycles. The zero-order valence-corrected chi connectivity index (χ0v) is 12.9. The van der Waals surface area contributed by atoms with E-state index in [4.69, 9.17) is 4.52 Å². The van der Waals surface area contributed by atoms with Crippen molar-refractivity contribution in [3.8, 4) is 22.2 Å². The molecule has 0 aliphatic heterocycles. The van der Waals surface area contributed by atoms with Gasteiger partial charge in [0.05, 0.1) is 16.5 Å². The predicted molar refractivity (Wildman–Crippen MR) is 87.2 cm³/mol. The molecule has 112 valence electrons. The number of fused-ring (bicyclic) bond motifs is 1. The van der Waals surface area contributed by atoms with Crippen molar-refractivity contribution >= 4 is 11.3 Å². The van der Waals surface area contributed by atoms with Crippen LogP contribution in [-0.4, -0.2) is 20.3 Å². The van der Waals surface area contributed by atoms with E-state index in [1.54, 1.807) is 11.3 Å². The molecule has 5 nitrogen and oxygen atoms in total. The van der Waals surface area contributed by atoms with E-state index in [-0.39, 0.29) is 5.92 Å². The molecule has 0 bridgehead atoms. The molecule has 3 heterocycles. The Hall–Kier alpha value is -2.73. The molecule has 0 spiro atoms. The maximum Gasteiger partial charge on any atom is 0.278 e. The van der Waals surface area contributed by atoms with Gasteiger partial charge in [-0.1, -0.05) is 35.5 Å². The van der Waals surface area contributed by atoms with Gasteiger partial charge in [-0.3, -0.25) is 5.10 Å². The number of benzene rings is 1. The fraction of sp³-hybridized carbons (Fsp3) is 0.118. The van der Waals surface area contributed by atoms with Crippen molar-refractivity contribution in [3.05, 3.63) is 64.8 Å². The summed E-state index contributed by atoms with van der Waals surface area (Å²) in [5.41, 5.74) is 4.30. The SMILES string of the molecule is c1csc(-c2cc(-c3nc(C4Cc5ccccc54)no3)n[nH]2)c1. The Kier molecular flexibility index (Phi) is 2.72. The zero-order chi connectivity index (χ0) is 15.2. The van der Waals surface area contributed by atoms with E-state index in [2.05, 4.69) is 38.5 Å². The Morgan fingerprint density at radius 2 is 2.13 bits per heavy atom. The molecule has 1 aliphatic carbocycles. The van der Waals surface area contributed by atoms with Crippen molar-refractivity contribution in [3.63, 3.8) is 0 Å². The number of thiophene rings is 1. The largest absolute Gasteiger partial charge is 0.332 e. The molecule has 6 heteroatoms. The van der Waals surface area contributed by atoms with E-state index >= 15 is 0 Å². The number of hydrogen-bond donors (Lipinski definition) is 1. The van der Waals surface area contributed by atoms with E-state index in [9.17, 15) is 0 Å². The third-order valence-corrected chi connectivity index (χ3v) is 5.09. The number of nitrogens with one attached hydrogen (secondary N) is 1. The Labute approximate surface area is 136 Å². The fourth-order valence-electron chi connectivity index (χ4n) is 2.96. The predicted octanol–water partition coefficient (Wildman–Crippen LogP) is 3.88. The molecule has 0 amide bonds. The summed E-state index contributed by atoms with van der Waals surface area (Å²) in [5, 5.41) is 13.5. The molecule has 4 aromatic rings. The lowest BCUT2D eigenvalue weighted by Crippen LogP contribution is -2.19. The van der Waals surface area contributed by atoms with Crippen LogP contribution in [0.2, 0.25) is 0 Å². The first-order valence-corrected chi connectivity index (χ1v) is 8.27. The van der Waals surface area contributed by atoms with Gasteiger partial charge in [0.2, 0.25) is 0 Å². The van der Waals surface area contributed by atoms with Crippen LogP contribution in [0.25, 0.3) is 22.2 Å². The first-order chi connectivity index (χ1) is 11.4. The van der Waals surface area contributed by atoms with Crippen LogP contribution in [0.15, 0.2) is 52.4 Å². The van der Waals surface area contributed by atoms with Gasteiger partial charge in [0.15, 0.2) is 11.5 Å². The molecule has 0 radical (unpaired) electrons. The summed E-state index contributed by atoms with van der Waals surface area (Å²) in [7, 11) is 0. The highest BCUT2D eigenvalue weighted by molar-refractivity contribution is 7.13. The van der Waals surface area contributed by atoms with Gasteiger partial charge >= 0.3 is 0 Å². The lowest BCUT2D eigenvalue weighted by Gasteiger charge is -2.27. The Balaban J connectivity index is 1.45. The third-order valence-electron chi connectivity index (χ3n) is 4.19. The van der Waals surface area contributed by atoms with Crippen molar-refractivity contribution in [2.75, 3.05) is 0 Å². The number of aromatic nitrogens is 4. The van der Waals surface area contributed by atoms with Gasteiger partial charge in [0.25, 0.3) is 5.89 Å². The van der Waals surface area contributed by atoms with Gasteiger partial charge in [0.1, 0.15) is 0 Å². The van der Waals surface area contributed by atoms with Gasteiger partial charge < -0.3 is 4.52 Å². The molecule has 3 aromatic heterocycles. The minimum atomic E-state index is 0.236. The molecule has 0 saturated carbocycles. The summed E-state index contributed by atoms with van der Waals surface area (Å²) >= 11 is 1.66. The van der Waals surface area contributed by atoms with Crippen LogP contribution in [0.4, 0.5) is 0 Å². The standard InChI is InChI=1S/C17H12N4OS/c1-2-5-11-10(4-1)8-12(11)16-18-17(22-21-16)14-9-13(19-20-14)15-6-3-7-23-15/h1-7,9,12H,8H2,(H,19,20). The monoisotopic (exact) mass is 320 g/mol. The average Bonchev–Trinajstić information content (AvgIpc) is 3.29. The molecule has 1 unspecified atom stereocenters. The highest BCUT2D eigenvalue weighted by Gasteiger charge is 2.31. The van der Waals surface area contributed by atoms with Gasteiger partial charge in [0, 0.05) is 0 Å². The molecule has 0 fully saturated rings. The number of aromatic amines is 1. The third kappa shape index (κ3) is 2.03. The zero-order valence-electron chi connectivity index (χ0n) is 12.1. The molecule has 1 aliphatic rings. The minimum Gasteiger partial charge on any atom is -0.332 e. The van der Waals surface area contributed by atoms with Crippen LogP contribution in [0.5, 0.6) is 0 Å². The van der Waals surface area contributed by atoms with Crippen molar-refractivity contribution in [1.29, 1.82) is 0 Å². The van der Waals surface area contributed by atoms with Crippen molar-refractivity contribution in [2.45, 2.75) is 12.3 Å². The second-order valence-corrected chi connectivity index (χ2v) is 6.51. The van der Waals surface area contributed by atoms with E-state index in [1.165, 1.54) is 11.1 Å². The van der Waals surface area contributed by atoms with Crippen molar-refractivity contribution in [1.82, 2.24) is 20.3 Å². The van der Waals surface area contributed by atoms with Crippen molar-refractivity contribution < 1.29 is 4.52 Å². The average molecular weight is 320 g/mol. The fourth-order valence-corrected chi connectivity index (χ4v) is 3.65. The van der Waals surface area contributed by atoms with Crippen LogP contribution in [-0.2, 0) is 6.42 Å². The normalized spacial score (nSPS) is 16.1. The molecular formula is C17H12N4OS. The van der Waals surface area contributed by atoms with Crippen LogP contribution < -0.4 is 0 Å². The number of rotatable bonds is 3. The maximum atomic E-state index is 5.41. The van der Waals surface area contributed by atoms with Crippen LogP contribution >= 0.6 is 11.3 Å². The number of nitrogens with zero attached hydrogens (tertiary/aromatic N) is 3. The second kappa shape index (κ2) is 4.89. The minimum absolute atomic E-state index is 0.236. The molecule has 1 N–H and O–H groups in total. The first-order valence-electron chi connectivity index (χ1n) is 7.39. The second-order valence-electron chi connectivity index (χ2n) is 5.56. The van der Waals surface area contributed by atoms with Crippen LogP contribution in [0, 0.1) is 0 Å². The summed E-state index contributed by atoms with van der Waals surface area (Å²) < 4.78 is 5.41. The lowest BCUT2D eigenvalue weighted by molar-refractivity contribution is 0.415. The van der Waals surface area contributed by atoms with E-state index in [0.29, 0.717) is 11.6 Å². The first kappa shape index (κ1) is 12.8. The topological polar surface area (TPSA) is 67.6 Å². The van der Waals surface area contributed by atoms with Crippen molar-refractivity contribution in [2.24, 2.45) is 0 Å². The molecular weight excluding hydrogens is 308 g/mol. The summed E-state index contributed by atoms with van der Waals surface area (Å²) in [6.45, 7) is 0. The summed E-state index contributed by atoms with van der Waals surface area (Å²) in [6, 6.07) is 14.4. The quantitative estimate of drug-likeness (QED) is 0.622. The van der Waals surface area contributed by atoms with Gasteiger partial charge in [-0.05, 0) is 35.1 Å². The Morgan fingerprint density at radius 1 is 1.17 bits per heavy atom.